The molecule has 4 heteroatoms. The molecule has 1 unspecified atom stereocenters. The summed E-state index contributed by atoms with van der Waals surface area (Å²) in [4.78, 5) is 11.5. The molecule has 1 aliphatic carbocycles. The standard InChI is InChI=1S/C12H24N2O2/c1-10(8-13)7-11(15)14-9-12(16)5-3-2-4-6-12/h10,16H,2-9,13H2,1H3,(H,14,15). The van der Waals surface area contributed by atoms with Crippen LogP contribution in [0.15, 0.2) is 0 Å². The molecule has 1 amide bonds. The van der Waals surface area contributed by atoms with Crippen LogP contribution in [0.4, 0.5) is 0 Å². The van der Waals surface area contributed by atoms with Gasteiger partial charge in [-0.15, -0.1) is 0 Å². The van der Waals surface area contributed by atoms with Gasteiger partial charge in [-0.25, -0.2) is 0 Å². The predicted molar refractivity (Wildman–Crippen MR) is 63.9 cm³/mol. The molecule has 0 aromatic carbocycles. The van der Waals surface area contributed by atoms with Gasteiger partial charge in [0, 0.05) is 13.0 Å². The van der Waals surface area contributed by atoms with Gasteiger partial charge in [-0.2, -0.15) is 0 Å². The number of carbonyl (C=O) groups is 1. The Morgan fingerprint density at radius 2 is 2.06 bits per heavy atom. The Labute approximate surface area is 97.6 Å². The van der Waals surface area contributed by atoms with Crippen molar-refractivity contribution >= 4 is 5.91 Å². The number of aliphatic hydroxyl groups is 1. The molecule has 4 nitrogen and oxygen atoms in total. The number of hydrogen-bond acceptors (Lipinski definition) is 3. The molecule has 0 aromatic heterocycles. The van der Waals surface area contributed by atoms with Crippen molar-refractivity contribution < 1.29 is 9.90 Å². The second-order valence-corrected chi connectivity index (χ2v) is 5.11. The predicted octanol–water partition coefficient (Wildman–Crippen LogP) is 0.783. The Balaban J connectivity index is 2.24. The van der Waals surface area contributed by atoms with Crippen LogP contribution in [0, 0.1) is 5.92 Å². The molecule has 0 radical (unpaired) electrons. The van der Waals surface area contributed by atoms with Crippen LogP contribution in [-0.4, -0.2) is 29.7 Å². The van der Waals surface area contributed by atoms with Gasteiger partial charge in [-0.3, -0.25) is 4.79 Å². The minimum Gasteiger partial charge on any atom is -0.388 e. The van der Waals surface area contributed by atoms with Crippen LogP contribution in [-0.2, 0) is 4.79 Å². The van der Waals surface area contributed by atoms with E-state index in [9.17, 15) is 9.90 Å². The monoisotopic (exact) mass is 228 g/mol. The van der Waals surface area contributed by atoms with Crippen LogP contribution in [0.1, 0.15) is 45.4 Å². The molecule has 1 saturated carbocycles. The van der Waals surface area contributed by atoms with Gasteiger partial charge in [-0.05, 0) is 25.3 Å². The maximum absolute atomic E-state index is 11.5. The van der Waals surface area contributed by atoms with Gasteiger partial charge in [0.15, 0.2) is 0 Å². The molecule has 1 fully saturated rings. The third-order valence-electron chi connectivity index (χ3n) is 3.34. The van der Waals surface area contributed by atoms with Crippen LogP contribution in [0.3, 0.4) is 0 Å². The number of rotatable bonds is 5. The summed E-state index contributed by atoms with van der Waals surface area (Å²) in [5.74, 6) is 0.206. The smallest absolute Gasteiger partial charge is 0.220 e. The molecule has 94 valence electrons. The second-order valence-electron chi connectivity index (χ2n) is 5.11. The number of nitrogens with one attached hydrogen (secondary N) is 1. The van der Waals surface area contributed by atoms with Crippen LogP contribution in [0.2, 0.25) is 0 Å². The molecular formula is C12H24N2O2. The lowest BCUT2D eigenvalue weighted by atomic mass is 9.85. The Morgan fingerprint density at radius 1 is 1.44 bits per heavy atom. The van der Waals surface area contributed by atoms with E-state index in [1.807, 2.05) is 6.92 Å². The molecule has 1 rings (SSSR count). The van der Waals surface area contributed by atoms with Crippen molar-refractivity contribution in [3.05, 3.63) is 0 Å². The molecule has 0 bridgehead atoms. The number of hydrogen-bond donors (Lipinski definition) is 3. The molecule has 0 aliphatic heterocycles. The summed E-state index contributed by atoms with van der Waals surface area (Å²) in [5.41, 5.74) is 4.79. The van der Waals surface area contributed by atoms with Crippen molar-refractivity contribution in [1.29, 1.82) is 0 Å². The topological polar surface area (TPSA) is 75.4 Å². The molecule has 0 heterocycles. The fourth-order valence-corrected chi connectivity index (χ4v) is 2.12. The van der Waals surface area contributed by atoms with Gasteiger partial charge in [0.05, 0.1) is 5.60 Å². The summed E-state index contributed by atoms with van der Waals surface area (Å²) in [6, 6.07) is 0. The van der Waals surface area contributed by atoms with Crippen molar-refractivity contribution in [2.45, 2.75) is 51.0 Å². The first kappa shape index (κ1) is 13.5. The minimum absolute atomic E-state index is 0.00283. The van der Waals surface area contributed by atoms with Gasteiger partial charge in [-0.1, -0.05) is 26.2 Å². The molecule has 4 N–H and O–H groups in total. The van der Waals surface area contributed by atoms with Gasteiger partial charge in [0.1, 0.15) is 0 Å². The Kier molecular flexibility index (Phi) is 5.22. The zero-order chi connectivity index (χ0) is 12.0. The van der Waals surface area contributed by atoms with Crippen LogP contribution >= 0.6 is 0 Å². The maximum atomic E-state index is 11.5. The summed E-state index contributed by atoms with van der Waals surface area (Å²) in [6.45, 7) is 2.87. The van der Waals surface area contributed by atoms with E-state index in [0.29, 0.717) is 19.5 Å². The molecule has 0 saturated heterocycles. The lowest BCUT2D eigenvalue weighted by molar-refractivity contribution is -0.123. The van der Waals surface area contributed by atoms with E-state index in [0.717, 1.165) is 25.7 Å². The normalized spacial score (nSPS) is 21.4. The van der Waals surface area contributed by atoms with Crippen molar-refractivity contribution in [2.75, 3.05) is 13.1 Å². The zero-order valence-electron chi connectivity index (χ0n) is 10.2. The lowest BCUT2D eigenvalue weighted by Crippen LogP contribution is -2.44. The highest BCUT2D eigenvalue weighted by Gasteiger charge is 2.29. The number of amides is 1. The number of carbonyl (C=O) groups excluding carboxylic acids is 1. The summed E-state index contributed by atoms with van der Waals surface area (Å²) in [7, 11) is 0. The third kappa shape index (κ3) is 4.49. The molecular weight excluding hydrogens is 204 g/mol. The molecule has 0 spiro atoms. The Morgan fingerprint density at radius 3 is 2.62 bits per heavy atom. The number of nitrogens with two attached hydrogens (primary N) is 1. The summed E-state index contributed by atoms with van der Waals surface area (Å²) < 4.78 is 0. The first-order valence-corrected chi connectivity index (χ1v) is 6.25. The second kappa shape index (κ2) is 6.21. The van der Waals surface area contributed by atoms with Crippen LogP contribution < -0.4 is 11.1 Å². The SMILES string of the molecule is CC(CN)CC(=O)NCC1(O)CCCCC1. The third-order valence-corrected chi connectivity index (χ3v) is 3.34. The zero-order valence-corrected chi connectivity index (χ0v) is 10.2. The minimum atomic E-state index is -0.667. The summed E-state index contributed by atoms with van der Waals surface area (Å²) in [5, 5.41) is 13.0. The fraction of sp³-hybridized carbons (Fsp3) is 0.917. The highest BCUT2D eigenvalue weighted by molar-refractivity contribution is 5.76. The highest BCUT2D eigenvalue weighted by Crippen LogP contribution is 2.27. The largest absolute Gasteiger partial charge is 0.388 e. The first-order valence-electron chi connectivity index (χ1n) is 6.25. The fourth-order valence-electron chi connectivity index (χ4n) is 2.12. The average Bonchev–Trinajstić information content (AvgIpc) is 2.27. The van der Waals surface area contributed by atoms with Gasteiger partial charge >= 0.3 is 0 Å². The average molecular weight is 228 g/mol. The molecule has 0 aromatic rings. The van der Waals surface area contributed by atoms with Crippen LogP contribution in [0.5, 0.6) is 0 Å². The maximum Gasteiger partial charge on any atom is 0.220 e. The van der Waals surface area contributed by atoms with Gasteiger partial charge < -0.3 is 16.2 Å². The van der Waals surface area contributed by atoms with Gasteiger partial charge in [0.2, 0.25) is 5.91 Å². The Bertz CT molecular complexity index is 225. The molecule has 1 atom stereocenters. The van der Waals surface area contributed by atoms with E-state index in [2.05, 4.69) is 5.32 Å². The highest BCUT2D eigenvalue weighted by atomic mass is 16.3. The molecule has 1 aliphatic rings. The van der Waals surface area contributed by atoms with Crippen molar-refractivity contribution in [3.63, 3.8) is 0 Å². The van der Waals surface area contributed by atoms with Crippen molar-refractivity contribution in [2.24, 2.45) is 11.7 Å². The van der Waals surface area contributed by atoms with Gasteiger partial charge in [0.25, 0.3) is 0 Å². The van der Waals surface area contributed by atoms with E-state index < -0.39 is 5.60 Å². The van der Waals surface area contributed by atoms with E-state index in [4.69, 9.17) is 5.73 Å². The van der Waals surface area contributed by atoms with Crippen LogP contribution in [0.25, 0.3) is 0 Å². The van der Waals surface area contributed by atoms with E-state index in [-0.39, 0.29) is 11.8 Å². The van der Waals surface area contributed by atoms with E-state index >= 15 is 0 Å². The molecule has 16 heavy (non-hydrogen) atoms. The van der Waals surface area contributed by atoms with Crippen molar-refractivity contribution in [1.82, 2.24) is 5.32 Å². The van der Waals surface area contributed by atoms with Crippen molar-refractivity contribution in [3.8, 4) is 0 Å². The summed E-state index contributed by atoms with van der Waals surface area (Å²) in [6.07, 6.45) is 5.38. The first-order chi connectivity index (χ1) is 7.56. The summed E-state index contributed by atoms with van der Waals surface area (Å²) >= 11 is 0. The van der Waals surface area contributed by atoms with E-state index in [1.165, 1.54) is 6.42 Å². The Hall–Kier alpha value is -0.610. The van der Waals surface area contributed by atoms with E-state index in [1.54, 1.807) is 0 Å². The lowest BCUT2D eigenvalue weighted by Gasteiger charge is -2.32. The quantitative estimate of drug-likeness (QED) is 0.651.